The summed E-state index contributed by atoms with van der Waals surface area (Å²) in [6, 6.07) is 7.59. The van der Waals surface area contributed by atoms with Gasteiger partial charge in [-0.15, -0.1) is 0 Å². The highest BCUT2D eigenvalue weighted by Crippen LogP contribution is 2.43. The third-order valence-corrected chi connectivity index (χ3v) is 5.80. The van der Waals surface area contributed by atoms with Crippen LogP contribution in [-0.2, 0) is 4.74 Å². The third-order valence-electron chi connectivity index (χ3n) is 5.80. The van der Waals surface area contributed by atoms with Crippen LogP contribution in [0.15, 0.2) is 36.7 Å². The van der Waals surface area contributed by atoms with Crippen LogP contribution >= 0.6 is 0 Å². The molecule has 2 heterocycles. The Labute approximate surface area is 166 Å². The summed E-state index contributed by atoms with van der Waals surface area (Å²) in [6.45, 7) is 3.13. The monoisotopic (exact) mass is 380 g/mol. The summed E-state index contributed by atoms with van der Waals surface area (Å²) in [7, 11) is 0. The van der Waals surface area contributed by atoms with E-state index in [0.29, 0.717) is 11.5 Å². The Morgan fingerprint density at radius 3 is 2.64 bits per heavy atom. The predicted molar refractivity (Wildman–Crippen MR) is 112 cm³/mol. The van der Waals surface area contributed by atoms with Crippen LogP contribution in [0.5, 0.6) is 0 Å². The molecule has 2 aromatic rings. The third kappa shape index (κ3) is 3.97. The number of anilines is 3. The summed E-state index contributed by atoms with van der Waals surface area (Å²) in [5.74, 6) is 0.239. The number of nitrogens with two attached hydrogens (primary N) is 1. The summed E-state index contributed by atoms with van der Waals surface area (Å²) in [4.78, 5) is 19.1. The van der Waals surface area contributed by atoms with E-state index in [4.69, 9.17) is 10.5 Å². The lowest BCUT2D eigenvalue weighted by Crippen LogP contribution is -2.36. The minimum Gasteiger partial charge on any atom is -0.397 e. The maximum Gasteiger partial charge on any atom is 0.257 e. The number of hydrogen-bond acceptors (Lipinski definition) is 5. The summed E-state index contributed by atoms with van der Waals surface area (Å²) in [5.41, 5.74) is 11.1. The first-order valence-corrected chi connectivity index (χ1v) is 10.2. The fourth-order valence-electron chi connectivity index (χ4n) is 4.34. The van der Waals surface area contributed by atoms with E-state index in [-0.39, 0.29) is 5.91 Å². The number of nitrogens with one attached hydrogen (secondary N) is 1. The quantitative estimate of drug-likeness (QED) is 0.789. The normalized spacial score (nSPS) is 18.1. The number of nitrogens with zero attached hydrogens (tertiary/aromatic N) is 2. The van der Waals surface area contributed by atoms with Gasteiger partial charge in [0.25, 0.3) is 5.91 Å². The molecule has 6 nitrogen and oxygen atoms in total. The standard InChI is InChI=1S/C22H28N4O2/c23-21-19(26-11-13-28-14-12-26)9-8-18(20(21)16-5-2-1-3-6-16)25-22(27)17-7-4-10-24-15-17/h4,7-10,15-16H,1-3,5-6,11-14,23H2,(H,25,27). The number of carbonyl (C=O) groups is 1. The van der Waals surface area contributed by atoms with Crippen molar-refractivity contribution in [2.75, 3.05) is 42.3 Å². The smallest absolute Gasteiger partial charge is 0.257 e. The Morgan fingerprint density at radius 1 is 1.14 bits per heavy atom. The Morgan fingerprint density at radius 2 is 1.93 bits per heavy atom. The first kappa shape index (κ1) is 18.7. The second-order valence-electron chi connectivity index (χ2n) is 7.59. The zero-order chi connectivity index (χ0) is 19.3. The number of hydrogen-bond donors (Lipinski definition) is 2. The largest absolute Gasteiger partial charge is 0.397 e. The van der Waals surface area contributed by atoms with Gasteiger partial charge in [0.1, 0.15) is 0 Å². The average molecular weight is 380 g/mol. The molecule has 0 radical (unpaired) electrons. The van der Waals surface area contributed by atoms with Gasteiger partial charge in [-0.05, 0) is 43.0 Å². The molecule has 28 heavy (non-hydrogen) atoms. The zero-order valence-corrected chi connectivity index (χ0v) is 16.2. The van der Waals surface area contributed by atoms with Crippen LogP contribution in [-0.4, -0.2) is 37.2 Å². The highest BCUT2D eigenvalue weighted by Gasteiger charge is 2.25. The number of ether oxygens (including phenoxy) is 1. The second kappa shape index (κ2) is 8.61. The van der Waals surface area contributed by atoms with Gasteiger partial charge in [0.05, 0.1) is 30.2 Å². The van der Waals surface area contributed by atoms with Crippen LogP contribution in [0.4, 0.5) is 17.1 Å². The number of morpholine rings is 1. The van der Waals surface area contributed by atoms with Gasteiger partial charge in [-0.25, -0.2) is 0 Å². The minimum absolute atomic E-state index is 0.149. The number of pyridine rings is 1. The summed E-state index contributed by atoms with van der Waals surface area (Å²) in [6.07, 6.45) is 9.18. The molecule has 0 unspecified atom stereocenters. The van der Waals surface area contributed by atoms with Gasteiger partial charge < -0.3 is 20.7 Å². The summed E-state index contributed by atoms with van der Waals surface area (Å²) >= 11 is 0. The van der Waals surface area contributed by atoms with Crippen LogP contribution in [0.1, 0.15) is 53.9 Å². The Hall–Kier alpha value is -2.60. The van der Waals surface area contributed by atoms with E-state index in [1.165, 1.54) is 19.3 Å². The molecule has 1 aliphatic carbocycles. The van der Waals surface area contributed by atoms with Crippen molar-refractivity contribution in [3.05, 3.63) is 47.8 Å². The molecule has 1 aliphatic heterocycles. The number of benzene rings is 1. The molecule has 4 rings (SSSR count). The first-order valence-electron chi connectivity index (χ1n) is 10.2. The predicted octanol–water partition coefficient (Wildman–Crippen LogP) is 3.80. The molecule has 2 fully saturated rings. The van der Waals surface area contributed by atoms with Crippen molar-refractivity contribution in [1.82, 2.24) is 4.98 Å². The molecule has 148 valence electrons. The zero-order valence-electron chi connectivity index (χ0n) is 16.2. The lowest BCUT2D eigenvalue weighted by molar-refractivity contribution is 0.102. The van der Waals surface area contributed by atoms with Gasteiger partial charge in [0.15, 0.2) is 0 Å². The lowest BCUT2D eigenvalue weighted by Gasteiger charge is -2.33. The van der Waals surface area contributed by atoms with Gasteiger partial charge in [-0.3, -0.25) is 9.78 Å². The molecule has 1 saturated carbocycles. The van der Waals surface area contributed by atoms with Gasteiger partial charge in [-0.1, -0.05) is 19.3 Å². The Bertz CT molecular complexity index is 813. The molecule has 0 bridgehead atoms. The van der Waals surface area contributed by atoms with E-state index >= 15 is 0 Å². The van der Waals surface area contributed by atoms with Crippen LogP contribution in [0.3, 0.4) is 0 Å². The van der Waals surface area contributed by atoms with Crippen LogP contribution in [0.2, 0.25) is 0 Å². The Balaban J connectivity index is 1.68. The van der Waals surface area contributed by atoms with Crippen LogP contribution in [0, 0.1) is 0 Å². The van der Waals surface area contributed by atoms with Crippen LogP contribution in [0.25, 0.3) is 0 Å². The second-order valence-corrected chi connectivity index (χ2v) is 7.59. The van der Waals surface area contributed by atoms with Gasteiger partial charge in [0.2, 0.25) is 0 Å². The highest BCUT2D eigenvalue weighted by molar-refractivity contribution is 6.05. The lowest BCUT2D eigenvalue weighted by atomic mass is 9.82. The van der Waals surface area contributed by atoms with Crippen molar-refractivity contribution in [1.29, 1.82) is 0 Å². The molecule has 2 aliphatic rings. The number of amides is 1. The molecule has 0 spiro atoms. The molecule has 1 saturated heterocycles. The van der Waals surface area contributed by atoms with Crippen molar-refractivity contribution < 1.29 is 9.53 Å². The van der Waals surface area contributed by atoms with E-state index in [1.807, 2.05) is 12.1 Å². The molecular formula is C22H28N4O2. The van der Waals surface area contributed by atoms with Gasteiger partial charge >= 0.3 is 0 Å². The number of aromatic nitrogens is 1. The topological polar surface area (TPSA) is 80.5 Å². The maximum atomic E-state index is 12.7. The number of nitrogen functional groups attached to an aromatic ring is 1. The molecule has 6 heteroatoms. The maximum absolute atomic E-state index is 12.7. The fraction of sp³-hybridized carbons (Fsp3) is 0.455. The SMILES string of the molecule is Nc1c(N2CCOCC2)ccc(NC(=O)c2cccnc2)c1C1CCCCC1. The molecule has 1 amide bonds. The van der Waals surface area contributed by atoms with Crippen molar-refractivity contribution in [2.45, 2.75) is 38.0 Å². The molecule has 1 aromatic heterocycles. The van der Waals surface area contributed by atoms with Gasteiger partial charge in [-0.2, -0.15) is 0 Å². The van der Waals surface area contributed by atoms with E-state index in [9.17, 15) is 4.79 Å². The number of rotatable bonds is 4. The summed E-state index contributed by atoms with van der Waals surface area (Å²) in [5, 5.41) is 3.09. The molecule has 3 N–H and O–H groups in total. The number of carbonyl (C=O) groups excluding carboxylic acids is 1. The van der Waals surface area contributed by atoms with E-state index in [1.54, 1.807) is 24.5 Å². The fourth-order valence-corrected chi connectivity index (χ4v) is 4.34. The van der Waals surface area contributed by atoms with Crippen molar-refractivity contribution >= 4 is 23.0 Å². The highest BCUT2D eigenvalue weighted by atomic mass is 16.5. The van der Waals surface area contributed by atoms with E-state index in [0.717, 1.165) is 61.8 Å². The summed E-state index contributed by atoms with van der Waals surface area (Å²) < 4.78 is 5.49. The van der Waals surface area contributed by atoms with Gasteiger partial charge in [0, 0.05) is 36.7 Å². The minimum atomic E-state index is -0.149. The van der Waals surface area contributed by atoms with E-state index in [2.05, 4.69) is 15.2 Å². The van der Waals surface area contributed by atoms with Crippen molar-refractivity contribution in [3.8, 4) is 0 Å². The van der Waals surface area contributed by atoms with Crippen LogP contribution < -0.4 is 16.0 Å². The average Bonchev–Trinajstić information content (AvgIpc) is 2.76. The van der Waals surface area contributed by atoms with Crippen molar-refractivity contribution in [2.24, 2.45) is 0 Å². The first-order chi connectivity index (χ1) is 13.7. The van der Waals surface area contributed by atoms with Crippen molar-refractivity contribution in [3.63, 3.8) is 0 Å². The molecule has 0 atom stereocenters. The van der Waals surface area contributed by atoms with E-state index < -0.39 is 0 Å². The molecule has 1 aromatic carbocycles. The molecular weight excluding hydrogens is 352 g/mol. The Kier molecular flexibility index (Phi) is 5.76.